The van der Waals surface area contributed by atoms with Crippen molar-refractivity contribution in [2.45, 2.75) is 37.8 Å². The minimum Gasteiger partial charge on any atom is -0.493 e. The van der Waals surface area contributed by atoms with Crippen molar-refractivity contribution < 1.29 is 9.47 Å². The highest BCUT2D eigenvalue weighted by Gasteiger charge is 2.40. The van der Waals surface area contributed by atoms with Gasteiger partial charge in [-0.05, 0) is 26.2 Å². The number of nitrogens with one attached hydrogen (secondary N) is 1. The van der Waals surface area contributed by atoms with Crippen molar-refractivity contribution in [1.29, 1.82) is 0 Å². The molecule has 2 rings (SSSR count). The molecule has 0 radical (unpaired) electrons. The molecular weight excluding hydrogens is 232 g/mol. The van der Waals surface area contributed by atoms with Gasteiger partial charge in [0, 0.05) is 13.7 Å². The first-order valence-electron chi connectivity index (χ1n) is 6.28. The molecule has 1 saturated heterocycles. The molecule has 102 valence electrons. The molecule has 2 unspecified atom stereocenters. The van der Waals surface area contributed by atoms with E-state index in [-0.39, 0.29) is 11.6 Å². The van der Waals surface area contributed by atoms with Crippen LogP contribution >= 0.6 is 0 Å². The van der Waals surface area contributed by atoms with Crippen molar-refractivity contribution >= 4 is 0 Å². The lowest BCUT2D eigenvalue weighted by Crippen LogP contribution is -2.49. The van der Waals surface area contributed by atoms with Gasteiger partial charge in [-0.15, -0.1) is 0 Å². The van der Waals surface area contributed by atoms with Crippen LogP contribution < -0.4 is 16.0 Å². The Labute approximate surface area is 107 Å². The topological polar surface area (TPSA) is 74.3 Å². The van der Waals surface area contributed by atoms with Gasteiger partial charge in [-0.3, -0.25) is 10.5 Å². The average Bonchev–Trinajstić information content (AvgIpc) is 2.73. The van der Waals surface area contributed by atoms with Crippen molar-refractivity contribution in [3.63, 3.8) is 0 Å². The standard InChI is InChI=1S/C12H22N4O2/c1-12(6-4-5-7-18-12)11(15-13)10-9(17-3)8-14-16(10)2/h8,11,15H,4-7,13H2,1-3H3. The maximum absolute atomic E-state index is 5.96. The third-order valence-electron chi connectivity index (χ3n) is 3.72. The van der Waals surface area contributed by atoms with E-state index < -0.39 is 0 Å². The highest BCUT2D eigenvalue weighted by Crippen LogP contribution is 2.39. The summed E-state index contributed by atoms with van der Waals surface area (Å²) < 4.78 is 13.1. The lowest BCUT2D eigenvalue weighted by molar-refractivity contribution is -0.0916. The Morgan fingerprint density at radius 1 is 1.61 bits per heavy atom. The zero-order valence-electron chi connectivity index (χ0n) is 11.3. The van der Waals surface area contributed by atoms with Crippen molar-refractivity contribution in [1.82, 2.24) is 15.2 Å². The van der Waals surface area contributed by atoms with Crippen LogP contribution in [0.2, 0.25) is 0 Å². The number of nitrogens with two attached hydrogens (primary N) is 1. The number of aromatic nitrogens is 2. The lowest BCUT2D eigenvalue weighted by atomic mass is 9.86. The van der Waals surface area contributed by atoms with Crippen LogP contribution in [0.15, 0.2) is 6.20 Å². The van der Waals surface area contributed by atoms with Gasteiger partial charge < -0.3 is 9.47 Å². The summed E-state index contributed by atoms with van der Waals surface area (Å²) in [5.41, 5.74) is 3.46. The van der Waals surface area contributed by atoms with Gasteiger partial charge in [-0.2, -0.15) is 5.10 Å². The van der Waals surface area contributed by atoms with Crippen molar-refractivity contribution in [2.24, 2.45) is 12.9 Å². The quantitative estimate of drug-likeness (QED) is 0.616. The molecule has 18 heavy (non-hydrogen) atoms. The van der Waals surface area contributed by atoms with Gasteiger partial charge >= 0.3 is 0 Å². The van der Waals surface area contributed by atoms with Gasteiger partial charge in [0.2, 0.25) is 0 Å². The van der Waals surface area contributed by atoms with Gasteiger partial charge in [0.25, 0.3) is 0 Å². The summed E-state index contributed by atoms with van der Waals surface area (Å²) in [6.07, 6.45) is 4.92. The summed E-state index contributed by atoms with van der Waals surface area (Å²) in [7, 11) is 3.52. The zero-order chi connectivity index (χ0) is 13.2. The predicted molar refractivity (Wildman–Crippen MR) is 68.0 cm³/mol. The third-order valence-corrected chi connectivity index (χ3v) is 3.72. The molecule has 0 saturated carbocycles. The van der Waals surface area contributed by atoms with Crippen LogP contribution in [0, 0.1) is 0 Å². The molecule has 0 aliphatic carbocycles. The average molecular weight is 254 g/mol. The van der Waals surface area contributed by atoms with Crippen LogP contribution in [0.5, 0.6) is 5.75 Å². The number of ether oxygens (including phenoxy) is 2. The first-order chi connectivity index (χ1) is 8.62. The molecule has 1 aromatic rings. The molecule has 0 amide bonds. The highest BCUT2D eigenvalue weighted by molar-refractivity contribution is 5.30. The highest BCUT2D eigenvalue weighted by atomic mass is 16.5. The molecule has 1 aliphatic heterocycles. The van der Waals surface area contributed by atoms with Crippen LogP contribution in [0.1, 0.15) is 37.9 Å². The molecule has 1 aliphatic rings. The summed E-state index contributed by atoms with van der Waals surface area (Å²) in [5, 5.41) is 4.22. The van der Waals surface area contributed by atoms with E-state index in [1.54, 1.807) is 18.0 Å². The minimum absolute atomic E-state index is 0.139. The van der Waals surface area contributed by atoms with E-state index in [1.807, 2.05) is 7.05 Å². The van der Waals surface area contributed by atoms with E-state index in [2.05, 4.69) is 17.4 Å². The first-order valence-corrected chi connectivity index (χ1v) is 6.28. The lowest BCUT2D eigenvalue weighted by Gasteiger charge is -2.40. The van der Waals surface area contributed by atoms with E-state index in [9.17, 15) is 0 Å². The summed E-state index contributed by atoms with van der Waals surface area (Å²) in [6.45, 7) is 2.86. The Kier molecular flexibility index (Phi) is 3.89. The number of hydrazine groups is 1. The molecule has 0 aromatic carbocycles. The van der Waals surface area contributed by atoms with Crippen molar-refractivity contribution in [2.75, 3.05) is 13.7 Å². The molecule has 2 heterocycles. The second kappa shape index (κ2) is 5.26. The van der Waals surface area contributed by atoms with Crippen LogP contribution in [0.4, 0.5) is 0 Å². The van der Waals surface area contributed by atoms with Gasteiger partial charge in [-0.25, -0.2) is 5.43 Å². The molecule has 0 bridgehead atoms. The number of methoxy groups -OCH3 is 1. The minimum atomic E-state index is -0.325. The Bertz CT molecular complexity index is 399. The maximum atomic E-state index is 5.96. The maximum Gasteiger partial charge on any atom is 0.161 e. The smallest absolute Gasteiger partial charge is 0.161 e. The molecule has 3 N–H and O–H groups in total. The number of nitrogens with zero attached hydrogens (tertiary/aromatic N) is 2. The van der Waals surface area contributed by atoms with Gasteiger partial charge in [0.15, 0.2) is 5.75 Å². The fourth-order valence-electron chi connectivity index (χ4n) is 2.64. The van der Waals surface area contributed by atoms with E-state index >= 15 is 0 Å². The van der Waals surface area contributed by atoms with Gasteiger partial charge in [0.1, 0.15) is 5.69 Å². The normalized spacial score (nSPS) is 26.0. The van der Waals surface area contributed by atoms with Crippen LogP contribution in [-0.2, 0) is 11.8 Å². The fraction of sp³-hybridized carbons (Fsp3) is 0.750. The third kappa shape index (κ3) is 2.23. The van der Waals surface area contributed by atoms with Crippen LogP contribution in [-0.4, -0.2) is 29.1 Å². The van der Waals surface area contributed by atoms with E-state index in [0.717, 1.165) is 37.3 Å². The Balaban J connectivity index is 2.34. The van der Waals surface area contributed by atoms with E-state index in [1.165, 1.54) is 0 Å². The summed E-state index contributed by atoms with van der Waals surface area (Å²) >= 11 is 0. The molecule has 6 heteroatoms. The predicted octanol–water partition coefficient (Wildman–Crippen LogP) is 0.892. The van der Waals surface area contributed by atoms with Crippen molar-refractivity contribution in [3.05, 3.63) is 11.9 Å². The summed E-state index contributed by atoms with van der Waals surface area (Å²) in [4.78, 5) is 0. The zero-order valence-corrected chi connectivity index (χ0v) is 11.3. The largest absolute Gasteiger partial charge is 0.493 e. The molecule has 0 spiro atoms. The Morgan fingerprint density at radius 2 is 2.39 bits per heavy atom. The van der Waals surface area contributed by atoms with Gasteiger partial charge in [0.05, 0.1) is 24.9 Å². The first kappa shape index (κ1) is 13.3. The number of aryl methyl sites for hydroxylation is 1. The summed E-state index contributed by atoms with van der Waals surface area (Å²) in [6, 6.07) is -0.139. The second-order valence-electron chi connectivity index (χ2n) is 4.94. The van der Waals surface area contributed by atoms with E-state index in [0.29, 0.717) is 0 Å². The Hall–Kier alpha value is -1.11. The summed E-state index contributed by atoms with van der Waals surface area (Å²) in [5.74, 6) is 6.48. The molecule has 6 nitrogen and oxygen atoms in total. The number of hydrogen-bond acceptors (Lipinski definition) is 5. The number of hydrogen-bond donors (Lipinski definition) is 2. The monoisotopic (exact) mass is 254 g/mol. The SMILES string of the molecule is COc1cnn(C)c1C(NN)C1(C)CCCCO1. The fourth-order valence-corrected chi connectivity index (χ4v) is 2.64. The second-order valence-corrected chi connectivity index (χ2v) is 4.94. The molecule has 1 fully saturated rings. The molecular formula is C12H22N4O2. The Morgan fingerprint density at radius 3 is 2.94 bits per heavy atom. The van der Waals surface area contributed by atoms with E-state index in [4.69, 9.17) is 15.3 Å². The van der Waals surface area contributed by atoms with Gasteiger partial charge in [-0.1, -0.05) is 0 Å². The molecule has 1 aromatic heterocycles. The van der Waals surface area contributed by atoms with Crippen LogP contribution in [0.25, 0.3) is 0 Å². The number of rotatable bonds is 4. The molecule has 2 atom stereocenters. The van der Waals surface area contributed by atoms with Crippen molar-refractivity contribution in [3.8, 4) is 5.75 Å². The van der Waals surface area contributed by atoms with Crippen LogP contribution in [0.3, 0.4) is 0 Å².